The summed E-state index contributed by atoms with van der Waals surface area (Å²) in [6.45, 7) is 4.04. The quantitative estimate of drug-likeness (QED) is 0.796. The number of carboxylic acid groups (broad SMARTS) is 1. The van der Waals surface area contributed by atoms with E-state index in [1.165, 1.54) is 0 Å². The van der Waals surface area contributed by atoms with Gasteiger partial charge in [-0.15, -0.1) is 0 Å². The van der Waals surface area contributed by atoms with Crippen LogP contribution in [0.25, 0.3) is 0 Å². The molecular weight excluding hydrogens is 180 g/mol. The minimum atomic E-state index is -0.776. The molecule has 0 aliphatic heterocycles. The molecular formula is C10H16N2O2. The first-order valence-corrected chi connectivity index (χ1v) is 4.73. The Morgan fingerprint density at radius 2 is 2.29 bits per heavy atom. The largest absolute Gasteiger partial charge is 0.481 e. The molecule has 0 spiro atoms. The van der Waals surface area contributed by atoms with E-state index >= 15 is 0 Å². The van der Waals surface area contributed by atoms with Crippen molar-refractivity contribution in [2.45, 2.75) is 26.2 Å². The Bertz CT molecular complexity index is 318. The van der Waals surface area contributed by atoms with E-state index < -0.39 is 11.9 Å². The van der Waals surface area contributed by atoms with Gasteiger partial charge in [-0.1, -0.05) is 13.8 Å². The van der Waals surface area contributed by atoms with Crippen LogP contribution in [0.15, 0.2) is 12.3 Å². The van der Waals surface area contributed by atoms with E-state index in [1.807, 2.05) is 13.8 Å². The maximum absolute atomic E-state index is 11.0. The van der Waals surface area contributed by atoms with E-state index in [1.54, 1.807) is 24.0 Å². The predicted molar refractivity (Wildman–Crippen MR) is 53.0 cm³/mol. The molecule has 1 atom stereocenters. The Morgan fingerprint density at radius 3 is 2.64 bits per heavy atom. The fourth-order valence-corrected chi connectivity index (χ4v) is 1.55. The third kappa shape index (κ3) is 2.34. The molecule has 0 bridgehead atoms. The van der Waals surface area contributed by atoms with Gasteiger partial charge in [0.25, 0.3) is 0 Å². The van der Waals surface area contributed by atoms with E-state index in [0.717, 1.165) is 5.69 Å². The molecule has 0 fully saturated rings. The van der Waals surface area contributed by atoms with E-state index in [-0.39, 0.29) is 0 Å². The monoisotopic (exact) mass is 196 g/mol. The van der Waals surface area contributed by atoms with Crippen LogP contribution in [-0.2, 0) is 11.8 Å². The van der Waals surface area contributed by atoms with Crippen LogP contribution in [0.5, 0.6) is 0 Å². The van der Waals surface area contributed by atoms with Gasteiger partial charge in [-0.25, -0.2) is 0 Å². The van der Waals surface area contributed by atoms with Crippen LogP contribution in [0, 0.1) is 5.92 Å². The molecule has 1 unspecified atom stereocenters. The maximum atomic E-state index is 11.0. The summed E-state index contributed by atoms with van der Waals surface area (Å²) in [5.41, 5.74) is 0.770. The average Bonchev–Trinajstić information content (AvgIpc) is 2.46. The molecule has 1 N–H and O–H groups in total. The zero-order valence-corrected chi connectivity index (χ0v) is 8.77. The minimum Gasteiger partial charge on any atom is -0.481 e. The van der Waals surface area contributed by atoms with Crippen LogP contribution in [0.2, 0.25) is 0 Å². The summed E-state index contributed by atoms with van der Waals surface area (Å²) in [5.74, 6) is -0.851. The molecule has 1 heterocycles. The van der Waals surface area contributed by atoms with Crippen molar-refractivity contribution in [1.82, 2.24) is 9.78 Å². The first-order chi connectivity index (χ1) is 6.52. The van der Waals surface area contributed by atoms with Crippen LogP contribution in [0.4, 0.5) is 0 Å². The molecule has 0 aliphatic carbocycles. The molecule has 4 nitrogen and oxygen atoms in total. The van der Waals surface area contributed by atoms with E-state index in [9.17, 15) is 4.79 Å². The lowest BCUT2D eigenvalue weighted by Gasteiger charge is -2.14. The molecule has 1 aromatic heterocycles. The summed E-state index contributed by atoms with van der Waals surface area (Å²) < 4.78 is 1.63. The van der Waals surface area contributed by atoms with Gasteiger partial charge >= 0.3 is 5.97 Å². The van der Waals surface area contributed by atoms with Crippen molar-refractivity contribution >= 4 is 5.97 Å². The first kappa shape index (κ1) is 10.8. The number of carbonyl (C=O) groups is 1. The van der Waals surface area contributed by atoms with E-state index in [0.29, 0.717) is 12.3 Å². The van der Waals surface area contributed by atoms with Crippen molar-refractivity contribution < 1.29 is 9.90 Å². The Balaban J connectivity index is 2.89. The molecule has 0 saturated carbocycles. The lowest BCUT2D eigenvalue weighted by molar-refractivity contribution is -0.139. The first-order valence-electron chi connectivity index (χ1n) is 4.73. The molecule has 0 saturated heterocycles. The molecule has 0 amide bonds. The molecule has 78 valence electrons. The highest BCUT2D eigenvalue weighted by atomic mass is 16.4. The van der Waals surface area contributed by atoms with Gasteiger partial charge in [0.05, 0.1) is 11.6 Å². The SMILES string of the molecule is CC(C)CC(C(=O)O)c1ccnn1C. The topological polar surface area (TPSA) is 55.1 Å². The zero-order valence-electron chi connectivity index (χ0n) is 8.77. The van der Waals surface area contributed by atoms with Gasteiger partial charge in [-0.3, -0.25) is 9.48 Å². The minimum absolute atomic E-state index is 0.367. The van der Waals surface area contributed by atoms with Crippen LogP contribution >= 0.6 is 0 Å². The fourth-order valence-electron chi connectivity index (χ4n) is 1.55. The third-order valence-corrected chi connectivity index (χ3v) is 2.22. The predicted octanol–water partition coefficient (Wildman–Crippen LogP) is 1.63. The lowest BCUT2D eigenvalue weighted by atomic mass is 9.94. The Morgan fingerprint density at radius 1 is 1.64 bits per heavy atom. The number of aryl methyl sites for hydroxylation is 1. The van der Waals surface area contributed by atoms with Gasteiger partial charge in [0, 0.05) is 13.2 Å². The summed E-state index contributed by atoms with van der Waals surface area (Å²) in [5, 5.41) is 13.1. The molecule has 4 heteroatoms. The van der Waals surface area contributed by atoms with Crippen LogP contribution in [0.1, 0.15) is 31.9 Å². The number of hydrogen-bond acceptors (Lipinski definition) is 2. The fraction of sp³-hybridized carbons (Fsp3) is 0.600. The van der Waals surface area contributed by atoms with Crippen molar-refractivity contribution in [3.8, 4) is 0 Å². The normalized spacial score (nSPS) is 13.1. The maximum Gasteiger partial charge on any atom is 0.312 e. The Kier molecular flexibility index (Phi) is 3.28. The molecule has 14 heavy (non-hydrogen) atoms. The number of rotatable bonds is 4. The summed E-state index contributed by atoms with van der Waals surface area (Å²) in [4.78, 5) is 11.0. The van der Waals surface area contributed by atoms with Gasteiger partial charge in [-0.05, 0) is 18.4 Å². The number of hydrogen-bond donors (Lipinski definition) is 1. The van der Waals surface area contributed by atoms with Crippen LogP contribution in [-0.4, -0.2) is 20.9 Å². The van der Waals surface area contributed by atoms with E-state index in [2.05, 4.69) is 5.10 Å². The van der Waals surface area contributed by atoms with Crippen molar-refractivity contribution in [2.75, 3.05) is 0 Å². The number of nitrogens with zero attached hydrogens (tertiary/aromatic N) is 2. The summed E-state index contributed by atoms with van der Waals surface area (Å²) in [6.07, 6.45) is 2.28. The second-order valence-corrected chi connectivity index (χ2v) is 3.90. The summed E-state index contributed by atoms with van der Waals surface area (Å²) in [6, 6.07) is 1.77. The van der Waals surface area contributed by atoms with Gasteiger partial charge in [0.2, 0.25) is 0 Å². The molecule has 0 aliphatic rings. The second kappa shape index (κ2) is 4.26. The van der Waals surface area contributed by atoms with Gasteiger partial charge < -0.3 is 5.11 Å². The number of aliphatic carboxylic acids is 1. The van der Waals surface area contributed by atoms with Crippen molar-refractivity contribution in [2.24, 2.45) is 13.0 Å². The van der Waals surface area contributed by atoms with Crippen LogP contribution < -0.4 is 0 Å². The zero-order chi connectivity index (χ0) is 10.7. The highest BCUT2D eigenvalue weighted by molar-refractivity contribution is 5.75. The average molecular weight is 196 g/mol. The number of carboxylic acids is 1. The van der Waals surface area contributed by atoms with Crippen molar-refractivity contribution in [3.63, 3.8) is 0 Å². The number of aromatic nitrogens is 2. The molecule has 1 aromatic rings. The lowest BCUT2D eigenvalue weighted by Crippen LogP contribution is -2.17. The summed E-state index contributed by atoms with van der Waals surface area (Å²) >= 11 is 0. The van der Waals surface area contributed by atoms with Crippen LogP contribution in [0.3, 0.4) is 0 Å². The molecule has 0 radical (unpaired) electrons. The van der Waals surface area contributed by atoms with E-state index in [4.69, 9.17) is 5.11 Å². The third-order valence-electron chi connectivity index (χ3n) is 2.22. The Labute approximate surface area is 83.5 Å². The van der Waals surface area contributed by atoms with Crippen molar-refractivity contribution in [3.05, 3.63) is 18.0 Å². The van der Waals surface area contributed by atoms with Gasteiger partial charge in [-0.2, -0.15) is 5.10 Å². The summed E-state index contributed by atoms with van der Waals surface area (Å²) in [7, 11) is 1.77. The second-order valence-electron chi connectivity index (χ2n) is 3.90. The smallest absolute Gasteiger partial charge is 0.312 e. The highest BCUT2D eigenvalue weighted by Crippen LogP contribution is 2.23. The van der Waals surface area contributed by atoms with Gasteiger partial charge in [0.1, 0.15) is 0 Å². The van der Waals surface area contributed by atoms with Gasteiger partial charge in [0.15, 0.2) is 0 Å². The Hall–Kier alpha value is -1.32. The molecule has 0 aromatic carbocycles. The standard InChI is InChI=1S/C10H16N2O2/c1-7(2)6-8(10(13)14)9-4-5-11-12(9)3/h4-5,7-8H,6H2,1-3H3,(H,13,14). The highest BCUT2D eigenvalue weighted by Gasteiger charge is 2.23. The molecule has 1 rings (SSSR count). The van der Waals surface area contributed by atoms with Crippen molar-refractivity contribution in [1.29, 1.82) is 0 Å².